The number of ether oxygens (including phenoxy) is 1. The Hall–Kier alpha value is -2.22. The third kappa shape index (κ3) is 4.74. The molecule has 148 valence electrons. The molecule has 27 heavy (non-hydrogen) atoms. The molecule has 8 nitrogen and oxygen atoms in total. The summed E-state index contributed by atoms with van der Waals surface area (Å²) in [6, 6.07) is 2.09. The van der Waals surface area contributed by atoms with Crippen molar-refractivity contribution in [2.45, 2.75) is 39.7 Å². The molecule has 1 aromatic heterocycles. The second-order valence-corrected chi connectivity index (χ2v) is 7.21. The average molecular weight is 375 g/mol. The van der Waals surface area contributed by atoms with Crippen molar-refractivity contribution in [1.82, 2.24) is 24.7 Å². The van der Waals surface area contributed by atoms with Crippen molar-refractivity contribution in [3.05, 3.63) is 23.3 Å². The number of aromatic nitrogens is 2. The molecule has 0 spiro atoms. The van der Waals surface area contributed by atoms with Crippen molar-refractivity contribution in [3.8, 4) is 0 Å². The van der Waals surface area contributed by atoms with Gasteiger partial charge in [-0.2, -0.15) is 0 Å². The van der Waals surface area contributed by atoms with Gasteiger partial charge in [0.1, 0.15) is 11.5 Å². The van der Waals surface area contributed by atoms with Crippen molar-refractivity contribution in [2.24, 2.45) is 0 Å². The molecule has 2 saturated heterocycles. The molecule has 8 heteroatoms. The summed E-state index contributed by atoms with van der Waals surface area (Å²) in [6.07, 6.45) is 1.83. The summed E-state index contributed by atoms with van der Waals surface area (Å²) < 4.78 is 5.08. The Balaban J connectivity index is 1.58. The van der Waals surface area contributed by atoms with Crippen LogP contribution in [0.2, 0.25) is 0 Å². The topological polar surface area (TPSA) is 78.9 Å². The molecule has 0 bridgehead atoms. The SMILES string of the molecule is CCOC(=O)N1CCN([C@@H]2CCCN(C(=O)c3cc(C)nc(C)n3)C2)CC1. The molecule has 3 rings (SSSR count). The summed E-state index contributed by atoms with van der Waals surface area (Å²) in [5.41, 5.74) is 1.29. The largest absolute Gasteiger partial charge is 0.450 e. The zero-order valence-electron chi connectivity index (χ0n) is 16.5. The van der Waals surface area contributed by atoms with Crippen molar-refractivity contribution in [3.63, 3.8) is 0 Å². The van der Waals surface area contributed by atoms with E-state index < -0.39 is 0 Å². The van der Waals surface area contributed by atoms with Crippen molar-refractivity contribution >= 4 is 12.0 Å². The van der Waals surface area contributed by atoms with Crippen LogP contribution >= 0.6 is 0 Å². The van der Waals surface area contributed by atoms with E-state index in [1.165, 1.54) is 0 Å². The smallest absolute Gasteiger partial charge is 0.409 e. The molecule has 0 N–H and O–H groups in total. The summed E-state index contributed by atoms with van der Waals surface area (Å²) in [4.78, 5) is 39.4. The average Bonchev–Trinajstić information content (AvgIpc) is 2.67. The van der Waals surface area contributed by atoms with E-state index in [-0.39, 0.29) is 12.0 Å². The second-order valence-electron chi connectivity index (χ2n) is 7.21. The van der Waals surface area contributed by atoms with Gasteiger partial charge in [-0.15, -0.1) is 0 Å². The van der Waals surface area contributed by atoms with E-state index in [1.54, 1.807) is 11.0 Å². The number of piperazine rings is 1. The number of hydrogen-bond acceptors (Lipinski definition) is 6. The lowest BCUT2D eigenvalue weighted by Crippen LogP contribution is -2.56. The van der Waals surface area contributed by atoms with E-state index in [2.05, 4.69) is 14.9 Å². The van der Waals surface area contributed by atoms with Crippen LogP contribution in [-0.4, -0.2) is 88.6 Å². The number of carbonyl (C=O) groups excluding carboxylic acids is 2. The first-order chi connectivity index (χ1) is 13.0. The Labute approximate surface area is 160 Å². The zero-order chi connectivity index (χ0) is 19.4. The summed E-state index contributed by atoms with van der Waals surface area (Å²) in [7, 11) is 0. The van der Waals surface area contributed by atoms with E-state index in [0.29, 0.717) is 43.8 Å². The van der Waals surface area contributed by atoms with Gasteiger partial charge in [0, 0.05) is 51.0 Å². The molecule has 0 radical (unpaired) electrons. The highest BCUT2D eigenvalue weighted by Crippen LogP contribution is 2.19. The fourth-order valence-corrected chi connectivity index (χ4v) is 3.91. The highest BCUT2D eigenvalue weighted by Gasteiger charge is 2.32. The standard InChI is InChI=1S/C19H29N5O3/c1-4-27-19(26)23-10-8-22(9-11-23)16-6-5-7-24(13-16)18(25)17-12-14(2)20-15(3)21-17/h12,16H,4-11,13H2,1-3H3/t16-/m1/s1. The zero-order valence-corrected chi connectivity index (χ0v) is 16.5. The van der Waals surface area contributed by atoms with E-state index in [1.807, 2.05) is 25.7 Å². The van der Waals surface area contributed by atoms with Gasteiger partial charge in [0.2, 0.25) is 0 Å². The van der Waals surface area contributed by atoms with Crippen LogP contribution in [-0.2, 0) is 4.74 Å². The van der Waals surface area contributed by atoms with Crippen LogP contribution in [0.3, 0.4) is 0 Å². The first-order valence-electron chi connectivity index (χ1n) is 9.75. The van der Waals surface area contributed by atoms with Crippen LogP contribution in [0.5, 0.6) is 0 Å². The molecular weight excluding hydrogens is 346 g/mol. The van der Waals surface area contributed by atoms with E-state index in [4.69, 9.17) is 4.74 Å². The monoisotopic (exact) mass is 375 g/mol. The van der Waals surface area contributed by atoms with E-state index in [9.17, 15) is 9.59 Å². The molecular formula is C19H29N5O3. The third-order valence-electron chi connectivity index (χ3n) is 5.23. The molecule has 0 unspecified atom stereocenters. The van der Waals surface area contributed by atoms with Crippen molar-refractivity contribution in [1.29, 1.82) is 0 Å². The summed E-state index contributed by atoms with van der Waals surface area (Å²) in [5.74, 6) is 0.612. The highest BCUT2D eigenvalue weighted by molar-refractivity contribution is 5.92. The van der Waals surface area contributed by atoms with Gasteiger partial charge in [-0.05, 0) is 39.7 Å². The molecule has 1 aromatic rings. The number of hydrogen-bond donors (Lipinski definition) is 0. The van der Waals surface area contributed by atoms with Gasteiger partial charge < -0.3 is 14.5 Å². The van der Waals surface area contributed by atoms with Gasteiger partial charge >= 0.3 is 6.09 Å². The van der Waals surface area contributed by atoms with Crippen LogP contribution in [0.4, 0.5) is 4.79 Å². The maximum absolute atomic E-state index is 12.9. The first-order valence-corrected chi connectivity index (χ1v) is 9.75. The molecule has 2 aliphatic heterocycles. The van der Waals surface area contributed by atoms with Crippen molar-refractivity contribution in [2.75, 3.05) is 45.9 Å². The van der Waals surface area contributed by atoms with Gasteiger partial charge in [-0.1, -0.05) is 0 Å². The Morgan fingerprint density at radius 2 is 1.85 bits per heavy atom. The molecule has 0 saturated carbocycles. The van der Waals surface area contributed by atoms with Crippen LogP contribution < -0.4 is 0 Å². The number of amides is 2. The first kappa shape index (κ1) is 19.5. The van der Waals surface area contributed by atoms with Gasteiger partial charge in [0.05, 0.1) is 6.61 Å². The predicted octanol–water partition coefficient (Wildman–Crippen LogP) is 1.47. The molecule has 1 atom stereocenters. The minimum absolute atomic E-state index is 0.0153. The van der Waals surface area contributed by atoms with Gasteiger partial charge in [-0.25, -0.2) is 14.8 Å². The number of carbonyl (C=O) groups is 2. The molecule has 0 aliphatic carbocycles. The fourth-order valence-electron chi connectivity index (χ4n) is 3.91. The lowest BCUT2D eigenvalue weighted by Gasteiger charge is -2.43. The lowest BCUT2D eigenvalue weighted by molar-refractivity contribution is 0.0375. The Kier molecular flexibility index (Phi) is 6.26. The van der Waals surface area contributed by atoms with Gasteiger partial charge in [0.25, 0.3) is 5.91 Å². The summed E-state index contributed by atoms with van der Waals surface area (Å²) in [5, 5.41) is 0. The normalized spacial score (nSPS) is 21.2. The van der Waals surface area contributed by atoms with Crippen LogP contribution in [0.15, 0.2) is 6.07 Å². The van der Waals surface area contributed by atoms with Crippen molar-refractivity contribution < 1.29 is 14.3 Å². The second kappa shape index (κ2) is 8.65. The van der Waals surface area contributed by atoms with E-state index in [0.717, 1.165) is 38.2 Å². The third-order valence-corrected chi connectivity index (χ3v) is 5.23. The molecule has 0 aromatic carbocycles. The minimum atomic E-state index is -0.230. The molecule has 2 aliphatic rings. The summed E-state index contributed by atoms with van der Waals surface area (Å²) in [6.45, 7) is 10.4. The quantitative estimate of drug-likeness (QED) is 0.796. The number of rotatable bonds is 3. The maximum atomic E-state index is 12.9. The number of likely N-dealkylation sites (tertiary alicyclic amines) is 1. The van der Waals surface area contributed by atoms with Gasteiger partial charge in [-0.3, -0.25) is 9.69 Å². The number of aryl methyl sites for hydroxylation is 2. The minimum Gasteiger partial charge on any atom is -0.450 e. The lowest BCUT2D eigenvalue weighted by atomic mass is 10.0. The van der Waals surface area contributed by atoms with Crippen LogP contribution in [0.1, 0.15) is 41.8 Å². The Morgan fingerprint density at radius 3 is 2.52 bits per heavy atom. The van der Waals surface area contributed by atoms with E-state index >= 15 is 0 Å². The van der Waals surface area contributed by atoms with Crippen LogP contribution in [0.25, 0.3) is 0 Å². The molecule has 2 fully saturated rings. The predicted molar refractivity (Wildman–Crippen MR) is 101 cm³/mol. The Morgan fingerprint density at radius 1 is 1.11 bits per heavy atom. The summed E-state index contributed by atoms with van der Waals surface area (Å²) >= 11 is 0. The number of nitrogens with zero attached hydrogens (tertiary/aromatic N) is 5. The number of piperidine rings is 1. The maximum Gasteiger partial charge on any atom is 0.409 e. The Bertz CT molecular complexity index is 668. The fraction of sp³-hybridized carbons (Fsp3) is 0.684. The van der Waals surface area contributed by atoms with Gasteiger partial charge in [0.15, 0.2) is 0 Å². The van der Waals surface area contributed by atoms with Crippen LogP contribution in [0, 0.1) is 13.8 Å². The molecule has 3 heterocycles. The molecule has 2 amide bonds. The highest BCUT2D eigenvalue weighted by atomic mass is 16.6.